The fourth-order valence-corrected chi connectivity index (χ4v) is 8.08. The van der Waals surface area contributed by atoms with Crippen molar-refractivity contribution < 1.29 is 31.2 Å². The zero-order valence-electron chi connectivity index (χ0n) is 20.8. The lowest BCUT2D eigenvalue weighted by Crippen LogP contribution is -2.60. The highest BCUT2D eigenvalue weighted by molar-refractivity contribution is 7.93. The van der Waals surface area contributed by atoms with Crippen LogP contribution in [0.5, 0.6) is 0 Å². The first-order chi connectivity index (χ1) is 17.5. The number of amides is 1. The summed E-state index contributed by atoms with van der Waals surface area (Å²) in [6.07, 6.45) is 1.85. The van der Waals surface area contributed by atoms with Crippen LogP contribution in [0, 0.1) is 0 Å². The molecule has 0 bridgehead atoms. The molecule has 2 aromatic carbocycles. The van der Waals surface area contributed by atoms with Gasteiger partial charge in [-0.1, -0.05) is 42.5 Å². The molecule has 0 aliphatic carbocycles. The summed E-state index contributed by atoms with van der Waals surface area (Å²) >= 11 is 0. The van der Waals surface area contributed by atoms with Crippen LogP contribution in [0.25, 0.3) is 0 Å². The number of nitrogens with one attached hydrogen (secondary N) is 1. The number of rotatable bonds is 8. The van der Waals surface area contributed by atoms with Gasteiger partial charge in [-0.05, 0) is 43.9 Å². The summed E-state index contributed by atoms with van der Waals surface area (Å²) in [5.74, 6) is -0.773. The van der Waals surface area contributed by atoms with E-state index >= 15 is 0 Å². The van der Waals surface area contributed by atoms with E-state index in [0.29, 0.717) is 6.42 Å². The molecule has 37 heavy (non-hydrogen) atoms. The Bertz CT molecular complexity index is 1370. The number of hydrogen-bond donors (Lipinski definition) is 1. The Hall–Kier alpha value is -2.80. The summed E-state index contributed by atoms with van der Waals surface area (Å²) in [7, 11) is -7.89. The molecule has 2 aliphatic rings. The number of hydrogen-bond acceptors (Lipinski definition) is 8. The lowest BCUT2D eigenvalue weighted by molar-refractivity contribution is -0.151. The van der Waals surface area contributed by atoms with E-state index in [2.05, 4.69) is 5.32 Å². The van der Waals surface area contributed by atoms with Crippen molar-refractivity contribution in [1.82, 2.24) is 14.5 Å². The molecule has 0 saturated carbocycles. The molecule has 2 heterocycles. The van der Waals surface area contributed by atoms with Crippen molar-refractivity contribution in [2.45, 2.75) is 47.7 Å². The van der Waals surface area contributed by atoms with E-state index in [1.165, 1.54) is 33.5 Å². The maximum atomic E-state index is 13.5. The van der Waals surface area contributed by atoms with Gasteiger partial charge in [0.05, 0.1) is 23.2 Å². The second kappa shape index (κ2) is 10.5. The molecular formula is C25H31N3O7S2. The molecule has 200 valence electrons. The van der Waals surface area contributed by atoms with Crippen LogP contribution in [0.4, 0.5) is 0 Å². The number of ether oxygens (including phenoxy) is 1. The zero-order chi connectivity index (χ0) is 26.8. The quantitative estimate of drug-likeness (QED) is 0.486. The Balaban J connectivity index is 1.59. The number of sulfonamides is 1. The monoisotopic (exact) mass is 549 g/mol. The molecule has 1 spiro atoms. The third-order valence-corrected chi connectivity index (χ3v) is 10.1. The number of nitrogens with zero attached hydrogens (tertiary/aromatic N) is 2. The number of sulfone groups is 1. The first kappa shape index (κ1) is 27.2. The van der Waals surface area contributed by atoms with Crippen LogP contribution in [-0.2, 0) is 40.6 Å². The summed E-state index contributed by atoms with van der Waals surface area (Å²) in [6, 6.07) is 14.5. The average Bonchev–Trinajstić information content (AvgIpc) is 3.09. The van der Waals surface area contributed by atoms with Gasteiger partial charge >= 0.3 is 5.97 Å². The topological polar surface area (TPSA) is 130 Å². The van der Waals surface area contributed by atoms with Gasteiger partial charge in [-0.15, -0.1) is 0 Å². The van der Waals surface area contributed by atoms with Gasteiger partial charge in [0.2, 0.25) is 15.9 Å². The molecule has 2 aromatic rings. The highest BCUT2D eigenvalue weighted by atomic mass is 32.2. The van der Waals surface area contributed by atoms with Gasteiger partial charge in [-0.3, -0.25) is 14.9 Å². The fraction of sp³-hybridized carbons (Fsp3) is 0.440. The third-order valence-electron chi connectivity index (χ3n) is 6.81. The standard InChI is InChI=1S/C25H31N3O7S2/c1-3-35-23(29)18-28-24(30)20(17-19-9-5-4-6-10-19)26-25(28)13-15-27(16-14-25)37(33,34)22-12-8-7-11-21(22)36(2,31)32/h4-12,20,26H,3,13-18H2,1-2H3. The Morgan fingerprint density at radius 3 is 2.19 bits per heavy atom. The molecule has 1 atom stereocenters. The summed E-state index contributed by atoms with van der Waals surface area (Å²) < 4.78 is 57.7. The summed E-state index contributed by atoms with van der Waals surface area (Å²) in [4.78, 5) is 26.8. The lowest BCUT2D eigenvalue weighted by Gasteiger charge is -2.43. The number of piperidine rings is 1. The van der Waals surface area contributed by atoms with Crippen molar-refractivity contribution >= 4 is 31.7 Å². The maximum absolute atomic E-state index is 13.5. The first-order valence-electron chi connectivity index (χ1n) is 12.1. The van der Waals surface area contributed by atoms with Gasteiger partial charge in [0.1, 0.15) is 11.4 Å². The van der Waals surface area contributed by atoms with Crippen LogP contribution in [0.15, 0.2) is 64.4 Å². The number of esters is 1. The van der Waals surface area contributed by atoms with Crippen LogP contribution in [0.1, 0.15) is 25.3 Å². The smallest absolute Gasteiger partial charge is 0.325 e. The van der Waals surface area contributed by atoms with E-state index in [9.17, 15) is 26.4 Å². The van der Waals surface area contributed by atoms with Gasteiger partial charge in [-0.2, -0.15) is 4.31 Å². The van der Waals surface area contributed by atoms with E-state index in [-0.39, 0.29) is 54.8 Å². The Morgan fingerprint density at radius 2 is 1.59 bits per heavy atom. The molecule has 1 unspecified atom stereocenters. The predicted octanol–water partition coefficient (Wildman–Crippen LogP) is 1.18. The van der Waals surface area contributed by atoms with E-state index in [1.54, 1.807) is 6.92 Å². The van der Waals surface area contributed by atoms with Crippen LogP contribution in [0.2, 0.25) is 0 Å². The van der Waals surface area contributed by atoms with Gasteiger partial charge < -0.3 is 9.64 Å². The van der Waals surface area contributed by atoms with Crippen LogP contribution in [0.3, 0.4) is 0 Å². The van der Waals surface area contributed by atoms with Crippen LogP contribution >= 0.6 is 0 Å². The zero-order valence-corrected chi connectivity index (χ0v) is 22.4. The SMILES string of the molecule is CCOC(=O)CN1C(=O)C(Cc2ccccc2)NC12CCN(S(=O)(=O)c1ccccc1S(C)(=O)=O)CC2. The lowest BCUT2D eigenvalue weighted by atomic mass is 9.97. The second-order valence-electron chi connectivity index (χ2n) is 9.27. The van der Waals surface area contributed by atoms with E-state index in [1.807, 2.05) is 30.3 Å². The molecule has 10 nitrogen and oxygen atoms in total. The molecule has 1 N–H and O–H groups in total. The highest BCUT2D eigenvalue weighted by Crippen LogP contribution is 2.36. The fourth-order valence-electron chi connectivity index (χ4n) is 5.04. The molecule has 2 saturated heterocycles. The Kier molecular flexibility index (Phi) is 7.75. The molecular weight excluding hydrogens is 518 g/mol. The Labute approximate surface area is 217 Å². The molecule has 4 rings (SSSR count). The van der Waals surface area contributed by atoms with E-state index in [0.717, 1.165) is 11.8 Å². The van der Waals surface area contributed by atoms with Gasteiger partial charge in [0, 0.05) is 19.3 Å². The number of benzene rings is 2. The molecule has 0 radical (unpaired) electrons. The summed E-state index contributed by atoms with van der Waals surface area (Å²) in [6.45, 7) is 1.71. The second-order valence-corrected chi connectivity index (χ2v) is 13.2. The molecule has 2 fully saturated rings. The minimum Gasteiger partial charge on any atom is -0.465 e. The van der Waals surface area contributed by atoms with Crippen molar-refractivity contribution in [3.8, 4) is 0 Å². The first-order valence-corrected chi connectivity index (χ1v) is 15.4. The van der Waals surface area contributed by atoms with Crippen LogP contribution in [-0.4, -0.2) is 82.1 Å². The maximum Gasteiger partial charge on any atom is 0.325 e. The minimum absolute atomic E-state index is 0.0398. The average molecular weight is 550 g/mol. The van der Waals surface area contributed by atoms with Crippen molar-refractivity contribution in [2.75, 3.05) is 32.5 Å². The summed E-state index contributed by atoms with van der Waals surface area (Å²) in [5, 5.41) is 3.40. The van der Waals surface area contributed by atoms with Gasteiger partial charge in [0.15, 0.2) is 9.84 Å². The predicted molar refractivity (Wildman–Crippen MR) is 136 cm³/mol. The van der Waals surface area contributed by atoms with Gasteiger partial charge in [-0.25, -0.2) is 16.8 Å². The number of carbonyl (C=O) groups is 2. The van der Waals surface area contributed by atoms with Crippen molar-refractivity contribution in [3.63, 3.8) is 0 Å². The normalized spacial score (nSPS) is 20.3. The van der Waals surface area contributed by atoms with E-state index < -0.39 is 37.5 Å². The molecule has 0 aromatic heterocycles. The Morgan fingerprint density at radius 1 is 1.00 bits per heavy atom. The van der Waals surface area contributed by atoms with Crippen molar-refractivity contribution in [2.24, 2.45) is 0 Å². The largest absolute Gasteiger partial charge is 0.465 e. The number of carbonyl (C=O) groups excluding carboxylic acids is 2. The molecule has 12 heteroatoms. The minimum atomic E-state index is -4.12. The van der Waals surface area contributed by atoms with Gasteiger partial charge in [0.25, 0.3) is 0 Å². The molecule has 2 aliphatic heterocycles. The third kappa shape index (κ3) is 5.57. The van der Waals surface area contributed by atoms with Crippen LogP contribution < -0.4 is 5.32 Å². The van der Waals surface area contributed by atoms with E-state index in [4.69, 9.17) is 4.74 Å². The highest BCUT2D eigenvalue weighted by Gasteiger charge is 2.53. The van der Waals surface area contributed by atoms with Crippen molar-refractivity contribution in [3.05, 3.63) is 60.2 Å². The summed E-state index contributed by atoms with van der Waals surface area (Å²) in [5.41, 5.74) is 0.0324. The molecule has 1 amide bonds. The van der Waals surface area contributed by atoms with Crippen molar-refractivity contribution in [1.29, 1.82) is 0 Å².